The smallest absolute Gasteiger partial charge is 0.224 e. The fourth-order valence-electron chi connectivity index (χ4n) is 2.22. The monoisotopic (exact) mass is 292 g/mol. The van der Waals surface area contributed by atoms with Gasteiger partial charge in [-0.1, -0.05) is 58.0 Å². The zero-order chi connectivity index (χ0) is 16.0. The summed E-state index contributed by atoms with van der Waals surface area (Å²) in [5.74, 6) is -0.331. The number of hydrogen-bond donors (Lipinski definition) is 2. The Balaban J connectivity index is 2.59. The lowest BCUT2D eigenvalue weighted by Crippen LogP contribution is -2.43. The summed E-state index contributed by atoms with van der Waals surface area (Å²) in [7, 11) is 1.67. The third kappa shape index (κ3) is 5.14. The second-order valence-electron chi connectivity index (χ2n) is 6.56. The summed E-state index contributed by atoms with van der Waals surface area (Å²) < 4.78 is 5.44. The number of benzene rings is 1. The van der Waals surface area contributed by atoms with Crippen molar-refractivity contribution in [3.05, 3.63) is 35.9 Å². The molecule has 0 heterocycles. The molecule has 118 valence electrons. The Labute approximate surface area is 128 Å². The van der Waals surface area contributed by atoms with Gasteiger partial charge in [-0.05, 0) is 11.0 Å². The van der Waals surface area contributed by atoms with E-state index >= 15 is 0 Å². The average Bonchev–Trinajstić information content (AvgIpc) is 2.45. The molecule has 0 saturated carbocycles. The summed E-state index contributed by atoms with van der Waals surface area (Å²) >= 11 is 0. The van der Waals surface area contributed by atoms with Crippen molar-refractivity contribution in [1.29, 1.82) is 0 Å². The summed E-state index contributed by atoms with van der Waals surface area (Å²) in [6, 6.07) is 9.39. The van der Waals surface area contributed by atoms with E-state index in [1.165, 1.54) is 0 Å². The minimum absolute atomic E-state index is 0.0210. The van der Waals surface area contributed by atoms with Crippen LogP contribution in [0, 0.1) is 11.3 Å². The van der Waals surface area contributed by atoms with Gasteiger partial charge in [-0.25, -0.2) is 0 Å². The summed E-state index contributed by atoms with van der Waals surface area (Å²) in [5.41, 5.74) is 7.12. The van der Waals surface area contributed by atoms with Crippen molar-refractivity contribution >= 4 is 5.91 Å². The van der Waals surface area contributed by atoms with E-state index in [1.807, 2.05) is 37.3 Å². The van der Waals surface area contributed by atoms with E-state index in [9.17, 15) is 4.79 Å². The van der Waals surface area contributed by atoms with Crippen molar-refractivity contribution in [3.8, 4) is 0 Å². The molecule has 1 aromatic carbocycles. The third-order valence-electron chi connectivity index (χ3n) is 3.85. The zero-order valence-electron chi connectivity index (χ0n) is 13.7. The summed E-state index contributed by atoms with van der Waals surface area (Å²) in [4.78, 5) is 12.3. The molecular formula is C17H28N2O2. The Hall–Kier alpha value is -1.39. The molecule has 0 aliphatic carbocycles. The molecule has 0 spiro atoms. The number of amides is 1. The third-order valence-corrected chi connectivity index (χ3v) is 3.85. The Kier molecular flexibility index (Phi) is 6.37. The van der Waals surface area contributed by atoms with Gasteiger partial charge < -0.3 is 15.8 Å². The first kappa shape index (κ1) is 17.7. The van der Waals surface area contributed by atoms with E-state index < -0.39 is 0 Å². The highest BCUT2D eigenvalue weighted by Gasteiger charge is 2.27. The van der Waals surface area contributed by atoms with E-state index in [-0.39, 0.29) is 29.4 Å². The standard InChI is InChI=1S/C17H28N2O2/c1-12(15(18)13-9-7-6-8-10-13)16(20)19-11-14(21-5)17(2,3)4/h6-10,12,14-15H,11,18H2,1-5H3,(H,19,20). The number of ether oxygens (including phenoxy) is 1. The molecule has 4 heteroatoms. The molecule has 0 saturated heterocycles. The molecule has 3 atom stereocenters. The molecule has 0 aromatic heterocycles. The minimum atomic E-state index is -0.304. The first-order chi connectivity index (χ1) is 9.77. The zero-order valence-corrected chi connectivity index (χ0v) is 13.7. The number of rotatable bonds is 6. The van der Waals surface area contributed by atoms with Crippen LogP contribution in [-0.4, -0.2) is 25.7 Å². The topological polar surface area (TPSA) is 64.3 Å². The van der Waals surface area contributed by atoms with Gasteiger partial charge in [-0.15, -0.1) is 0 Å². The lowest BCUT2D eigenvalue weighted by molar-refractivity contribution is -0.126. The summed E-state index contributed by atoms with van der Waals surface area (Å²) in [6.07, 6.45) is -0.0263. The highest BCUT2D eigenvalue weighted by atomic mass is 16.5. The van der Waals surface area contributed by atoms with Crippen LogP contribution >= 0.6 is 0 Å². The minimum Gasteiger partial charge on any atom is -0.379 e. The highest BCUT2D eigenvalue weighted by Crippen LogP contribution is 2.22. The van der Waals surface area contributed by atoms with Crippen LogP contribution in [0.15, 0.2) is 30.3 Å². The van der Waals surface area contributed by atoms with Crippen molar-refractivity contribution in [2.45, 2.75) is 39.8 Å². The van der Waals surface area contributed by atoms with Gasteiger partial charge in [0.25, 0.3) is 0 Å². The van der Waals surface area contributed by atoms with Crippen molar-refractivity contribution in [2.75, 3.05) is 13.7 Å². The number of nitrogens with two attached hydrogens (primary N) is 1. The normalized spacial score (nSPS) is 16.1. The Morgan fingerprint density at radius 2 is 1.86 bits per heavy atom. The van der Waals surface area contributed by atoms with Gasteiger partial charge in [0.05, 0.1) is 12.0 Å². The van der Waals surface area contributed by atoms with E-state index in [0.717, 1.165) is 5.56 Å². The Morgan fingerprint density at radius 3 is 2.33 bits per heavy atom. The highest BCUT2D eigenvalue weighted by molar-refractivity contribution is 5.79. The molecule has 0 fully saturated rings. The maximum absolute atomic E-state index is 12.3. The molecule has 0 aliphatic rings. The van der Waals surface area contributed by atoms with Crippen LogP contribution in [0.5, 0.6) is 0 Å². The lowest BCUT2D eigenvalue weighted by Gasteiger charge is -2.30. The molecule has 0 radical (unpaired) electrons. The molecule has 0 aliphatic heterocycles. The molecule has 0 bridgehead atoms. The lowest BCUT2D eigenvalue weighted by atomic mass is 9.88. The van der Waals surface area contributed by atoms with Crippen LogP contribution in [0.1, 0.15) is 39.3 Å². The maximum Gasteiger partial charge on any atom is 0.224 e. The molecule has 1 aromatic rings. The molecule has 4 nitrogen and oxygen atoms in total. The second-order valence-corrected chi connectivity index (χ2v) is 6.56. The van der Waals surface area contributed by atoms with E-state index in [4.69, 9.17) is 10.5 Å². The van der Waals surface area contributed by atoms with E-state index in [2.05, 4.69) is 26.1 Å². The number of methoxy groups -OCH3 is 1. The average molecular weight is 292 g/mol. The molecule has 21 heavy (non-hydrogen) atoms. The maximum atomic E-state index is 12.3. The number of nitrogens with one attached hydrogen (secondary N) is 1. The van der Waals surface area contributed by atoms with Crippen LogP contribution in [0.3, 0.4) is 0 Å². The van der Waals surface area contributed by atoms with Gasteiger partial charge >= 0.3 is 0 Å². The predicted molar refractivity (Wildman–Crippen MR) is 85.8 cm³/mol. The van der Waals surface area contributed by atoms with Gasteiger partial charge in [0.15, 0.2) is 0 Å². The largest absolute Gasteiger partial charge is 0.379 e. The molecule has 1 rings (SSSR count). The quantitative estimate of drug-likeness (QED) is 0.846. The number of carbonyl (C=O) groups excluding carboxylic acids is 1. The molecular weight excluding hydrogens is 264 g/mol. The van der Waals surface area contributed by atoms with E-state index in [1.54, 1.807) is 7.11 Å². The van der Waals surface area contributed by atoms with Gasteiger partial charge in [0.1, 0.15) is 0 Å². The summed E-state index contributed by atoms with van der Waals surface area (Å²) in [5, 5.41) is 2.95. The van der Waals surface area contributed by atoms with Crippen molar-refractivity contribution in [1.82, 2.24) is 5.32 Å². The van der Waals surface area contributed by atoms with Crippen LogP contribution in [0.2, 0.25) is 0 Å². The van der Waals surface area contributed by atoms with Crippen molar-refractivity contribution in [3.63, 3.8) is 0 Å². The molecule has 3 N–H and O–H groups in total. The SMILES string of the molecule is COC(CNC(=O)C(C)C(N)c1ccccc1)C(C)(C)C. The first-order valence-electron chi connectivity index (χ1n) is 7.38. The fourth-order valence-corrected chi connectivity index (χ4v) is 2.22. The number of hydrogen-bond acceptors (Lipinski definition) is 3. The van der Waals surface area contributed by atoms with Crippen LogP contribution in [0.4, 0.5) is 0 Å². The van der Waals surface area contributed by atoms with Crippen molar-refractivity contribution in [2.24, 2.45) is 17.1 Å². The molecule has 1 amide bonds. The van der Waals surface area contributed by atoms with Crippen LogP contribution in [-0.2, 0) is 9.53 Å². The first-order valence-corrected chi connectivity index (χ1v) is 7.38. The van der Waals surface area contributed by atoms with Gasteiger partial charge in [-0.3, -0.25) is 4.79 Å². The second kappa shape index (κ2) is 7.57. The van der Waals surface area contributed by atoms with Gasteiger partial charge in [0.2, 0.25) is 5.91 Å². The van der Waals surface area contributed by atoms with E-state index in [0.29, 0.717) is 6.54 Å². The Bertz CT molecular complexity index is 440. The van der Waals surface area contributed by atoms with Gasteiger partial charge in [0, 0.05) is 19.7 Å². The fraction of sp³-hybridized carbons (Fsp3) is 0.588. The van der Waals surface area contributed by atoms with Gasteiger partial charge in [-0.2, -0.15) is 0 Å². The van der Waals surface area contributed by atoms with Crippen LogP contribution < -0.4 is 11.1 Å². The number of carbonyl (C=O) groups is 1. The predicted octanol–water partition coefficient (Wildman–Crippen LogP) is 2.50. The van der Waals surface area contributed by atoms with Crippen LogP contribution in [0.25, 0.3) is 0 Å². The summed E-state index contributed by atoms with van der Waals surface area (Å²) in [6.45, 7) is 8.61. The molecule has 3 unspecified atom stereocenters. The van der Waals surface area contributed by atoms with Crippen molar-refractivity contribution < 1.29 is 9.53 Å². The Morgan fingerprint density at radius 1 is 1.29 bits per heavy atom.